The Balaban J connectivity index is 2.15. The van der Waals surface area contributed by atoms with Crippen LogP contribution in [-0.2, 0) is 9.47 Å². The first-order chi connectivity index (χ1) is 15.5. The van der Waals surface area contributed by atoms with Crippen molar-refractivity contribution in [3.63, 3.8) is 0 Å². The minimum atomic E-state index is -0.751. The molecular formula is C26H30O6. The highest BCUT2D eigenvalue weighted by Crippen LogP contribution is 2.45. The maximum Gasteiger partial charge on any atom is 0.513 e. The quantitative estimate of drug-likeness (QED) is 0.160. The fourth-order valence-corrected chi connectivity index (χ4v) is 3.62. The summed E-state index contributed by atoms with van der Waals surface area (Å²) in [5, 5.41) is 2.70. The molecule has 0 amide bonds. The number of unbranched alkanes of at least 4 members (excludes halogenated alkanes) is 2. The third-order valence-corrected chi connectivity index (χ3v) is 5.30. The van der Waals surface area contributed by atoms with Crippen LogP contribution in [0.2, 0.25) is 0 Å². The summed E-state index contributed by atoms with van der Waals surface area (Å²) in [4.78, 5) is 24.9. The summed E-state index contributed by atoms with van der Waals surface area (Å²) >= 11 is 0. The first-order valence-corrected chi connectivity index (χ1v) is 11.1. The SMILES string of the molecule is CCCCOC(=O)Oc1c2cccc(C)c2c(OC(=O)OCCCC)c2cccc(C)c12. The first-order valence-electron chi connectivity index (χ1n) is 11.1. The molecule has 170 valence electrons. The molecule has 0 aliphatic carbocycles. The second-order valence-electron chi connectivity index (χ2n) is 7.76. The summed E-state index contributed by atoms with van der Waals surface area (Å²) in [6.45, 7) is 8.48. The molecule has 6 heteroatoms. The van der Waals surface area contributed by atoms with Crippen molar-refractivity contribution >= 4 is 33.9 Å². The molecule has 0 saturated heterocycles. The van der Waals surface area contributed by atoms with E-state index in [0.29, 0.717) is 46.3 Å². The maximum absolute atomic E-state index is 12.4. The molecule has 32 heavy (non-hydrogen) atoms. The highest BCUT2D eigenvalue weighted by atomic mass is 16.7. The predicted molar refractivity (Wildman–Crippen MR) is 125 cm³/mol. The van der Waals surface area contributed by atoms with Gasteiger partial charge in [0.25, 0.3) is 0 Å². The molecule has 6 nitrogen and oxygen atoms in total. The lowest BCUT2D eigenvalue weighted by Crippen LogP contribution is -2.14. The molecule has 0 aromatic heterocycles. The number of benzene rings is 3. The molecule has 0 radical (unpaired) electrons. The van der Waals surface area contributed by atoms with Crippen LogP contribution in [0, 0.1) is 13.8 Å². The number of fused-ring (bicyclic) bond motifs is 2. The van der Waals surface area contributed by atoms with Gasteiger partial charge in [-0.25, -0.2) is 9.59 Å². The summed E-state index contributed by atoms with van der Waals surface area (Å²) in [5.74, 6) is 0.787. The lowest BCUT2D eigenvalue weighted by atomic mass is 9.95. The van der Waals surface area contributed by atoms with Gasteiger partial charge < -0.3 is 18.9 Å². The molecule has 0 unspecified atom stereocenters. The van der Waals surface area contributed by atoms with Gasteiger partial charge in [-0.2, -0.15) is 0 Å². The molecule has 0 atom stereocenters. The Morgan fingerprint density at radius 1 is 0.688 bits per heavy atom. The summed E-state index contributed by atoms with van der Waals surface area (Å²) in [6, 6.07) is 11.3. The lowest BCUT2D eigenvalue weighted by molar-refractivity contribution is 0.0970. The van der Waals surface area contributed by atoms with E-state index in [2.05, 4.69) is 0 Å². The Kier molecular flexibility index (Phi) is 7.92. The number of carbonyl (C=O) groups is 2. The van der Waals surface area contributed by atoms with Gasteiger partial charge in [0.05, 0.1) is 13.2 Å². The van der Waals surface area contributed by atoms with Gasteiger partial charge in [0.2, 0.25) is 0 Å². The number of rotatable bonds is 8. The Hall–Kier alpha value is -3.28. The van der Waals surface area contributed by atoms with Gasteiger partial charge in [0.1, 0.15) is 0 Å². The molecule has 0 heterocycles. The number of aryl methyl sites for hydroxylation is 2. The predicted octanol–water partition coefficient (Wildman–Crippen LogP) is 7.24. The maximum atomic E-state index is 12.4. The highest BCUT2D eigenvalue weighted by molar-refractivity contribution is 6.14. The van der Waals surface area contributed by atoms with Crippen molar-refractivity contribution in [2.75, 3.05) is 13.2 Å². The zero-order valence-electron chi connectivity index (χ0n) is 19.2. The van der Waals surface area contributed by atoms with Crippen LogP contribution in [0.15, 0.2) is 36.4 Å². The van der Waals surface area contributed by atoms with Crippen LogP contribution in [-0.4, -0.2) is 25.5 Å². The summed E-state index contributed by atoms with van der Waals surface area (Å²) < 4.78 is 21.9. The second-order valence-corrected chi connectivity index (χ2v) is 7.76. The Morgan fingerprint density at radius 3 is 1.47 bits per heavy atom. The van der Waals surface area contributed by atoms with Crippen molar-refractivity contribution in [3.8, 4) is 11.5 Å². The minimum Gasteiger partial charge on any atom is -0.434 e. The molecule has 3 rings (SSSR count). The summed E-state index contributed by atoms with van der Waals surface area (Å²) in [7, 11) is 0. The van der Waals surface area contributed by atoms with Crippen LogP contribution in [0.1, 0.15) is 50.7 Å². The van der Waals surface area contributed by atoms with Crippen molar-refractivity contribution in [2.45, 2.75) is 53.4 Å². The summed E-state index contributed by atoms with van der Waals surface area (Å²) in [6.07, 6.45) is 1.86. The van der Waals surface area contributed by atoms with E-state index in [4.69, 9.17) is 18.9 Å². The Morgan fingerprint density at radius 2 is 1.09 bits per heavy atom. The van der Waals surface area contributed by atoms with Gasteiger partial charge >= 0.3 is 12.3 Å². The number of carbonyl (C=O) groups excluding carboxylic acids is 2. The summed E-state index contributed by atoms with van der Waals surface area (Å²) in [5.41, 5.74) is 1.76. The van der Waals surface area contributed by atoms with Crippen molar-refractivity contribution in [1.29, 1.82) is 0 Å². The van der Waals surface area contributed by atoms with E-state index in [0.717, 1.165) is 36.8 Å². The molecule has 0 saturated carbocycles. The second kappa shape index (κ2) is 10.8. The molecule has 0 spiro atoms. The van der Waals surface area contributed by atoms with Crippen LogP contribution in [0.4, 0.5) is 9.59 Å². The standard InChI is InChI=1S/C26H30O6/c1-5-7-15-29-25(27)31-23-19-13-9-12-18(4)22(19)24(32-26(28)30-16-8-6-2)20-14-10-11-17(3)21(20)23/h9-14H,5-8,15-16H2,1-4H3. The van der Waals surface area contributed by atoms with Gasteiger partial charge in [0.15, 0.2) is 11.5 Å². The van der Waals surface area contributed by atoms with Gasteiger partial charge in [-0.3, -0.25) is 0 Å². The van der Waals surface area contributed by atoms with Gasteiger partial charge in [-0.05, 0) is 37.8 Å². The number of hydrogen-bond acceptors (Lipinski definition) is 6. The van der Waals surface area contributed by atoms with E-state index < -0.39 is 12.3 Å². The normalized spacial score (nSPS) is 10.9. The topological polar surface area (TPSA) is 71.1 Å². The minimum absolute atomic E-state index is 0.300. The Labute approximate surface area is 188 Å². The lowest BCUT2D eigenvalue weighted by Gasteiger charge is -2.18. The molecule has 0 aliphatic heterocycles. The smallest absolute Gasteiger partial charge is 0.434 e. The van der Waals surface area contributed by atoms with Crippen molar-refractivity contribution in [2.24, 2.45) is 0 Å². The third-order valence-electron chi connectivity index (χ3n) is 5.30. The molecule has 0 aliphatic rings. The third kappa shape index (κ3) is 5.13. The van der Waals surface area contributed by atoms with Crippen LogP contribution < -0.4 is 9.47 Å². The van der Waals surface area contributed by atoms with Gasteiger partial charge in [-0.15, -0.1) is 0 Å². The zero-order chi connectivity index (χ0) is 23.1. The fraction of sp³-hybridized carbons (Fsp3) is 0.385. The van der Waals surface area contributed by atoms with Crippen LogP contribution >= 0.6 is 0 Å². The molecule has 0 fully saturated rings. The molecule has 0 N–H and O–H groups in total. The average molecular weight is 439 g/mol. The largest absolute Gasteiger partial charge is 0.513 e. The van der Waals surface area contributed by atoms with Crippen LogP contribution in [0.5, 0.6) is 11.5 Å². The van der Waals surface area contributed by atoms with Gasteiger partial charge in [-0.1, -0.05) is 63.1 Å². The van der Waals surface area contributed by atoms with E-state index in [-0.39, 0.29) is 0 Å². The molecule has 3 aromatic rings. The van der Waals surface area contributed by atoms with E-state index in [1.807, 2.05) is 64.1 Å². The molecule has 0 bridgehead atoms. The van der Waals surface area contributed by atoms with E-state index in [1.54, 1.807) is 0 Å². The van der Waals surface area contributed by atoms with E-state index in [1.165, 1.54) is 0 Å². The molecule has 3 aromatic carbocycles. The Bertz CT molecular complexity index is 1030. The van der Waals surface area contributed by atoms with Gasteiger partial charge in [0, 0.05) is 21.5 Å². The monoisotopic (exact) mass is 438 g/mol. The van der Waals surface area contributed by atoms with Crippen molar-refractivity contribution in [3.05, 3.63) is 47.5 Å². The van der Waals surface area contributed by atoms with Crippen molar-refractivity contribution in [1.82, 2.24) is 0 Å². The highest BCUT2D eigenvalue weighted by Gasteiger charge is 2.23. The zero-order valence-corrected chi connectivity index (χ0v) is 19.2. The van der Waals surface area contributed by atoms with Crippen LogP contribution in [0.25, 0.3) is 21.5 Å². The van der Waals surface area contributed by atoms with Crippen LogP contribution in [0.3, 0.4) is 0 Å². The van der Waals surface area contributed by atoms with E-state index >= 15 is 0 Å². The average Bonchev–Trinajstić information content (AvgIpc) is 2.76. The fourth-order valence-electron chi connectivity index (χ4n) is 3.62. The van der Waals surface area contributed by atoms with E-state index in [9.17, 15) is 9.59 Å². The molecular weight excluding hydrogens is 408 g/mol. The first kappa shape index (κ1) is 23.4. The number of ether oxygens (including phenoxy) is 4. The van der Waals surface area contributed by atoms with Crippen molar-refractivity contribution < 1.29 is 28.5 Å². The number of hydrogen-bond donors (Lipinski definition) is 0.